The molecule has 0 spiro atoms. The lowest BCUT2D eigenvalue weighted by atomic mass is 9.92. The largest absolute Gasteiger partial charge is 0.488 e. The van der Waals surface area contributed by atoms with Crippen LogP contribution >= 0.6 is 0 Å². The molecule has 1 saturated carbocycles. The van der Waals surface area contributed by atoms with Gasteiger partial charge in [0, 0.05) is 19.6 Å². The van der Waals surface area contributed by atoms with Crippen molar-refractivity contribution in [3.8, 4) is 5.75 Å². The third kappa shape index (κ3) is 5.13. The molecule has 1 aliphatic heterocycles. The summed E-state index contributed by atoms with van der Waals surface area (Å²) in [6, 6.07) is 12.3. The van der Waals surface area contributed by atoms with E-state index in [4.69, 9.17) is 4.74 Å². The molecule has 0 bridgehead atoms. The summed E-state index contributed by atoms with van der Waals surface area (Å²) in [5, 5.41) is 0. The molecule has 2 atom stereocenters. The van der Waals surface area contributed by atoms with Gasteiger partial charge in [-0.1, -0.05) is 37.6 Å². The topological polar surface area (TPSA) is 66.9 Å². The number of halogens is 1. The third-order valence-electron chi connectivity index (χ3n) is 6.69. The van der Waals surface area contributed by atoms with Crippen LogP contribution in [0.4, 0.5) is 4.39 Å². The molecular weight excluding hydrogens is 455 g/mol. The summed E-state index contributed by atoms with van der Waals surface area (Å²) in [6.45, 7) is 3.44. The van der Waals surface area contributed by atoms with E-state index in [-0.39, 0.29) is 17.3 Å². The maximum atomic E-state index is 14.6. The van der Waals surface area contributed by atoms with E-state index >= 15 is 0 Å². The molecule has 0 radical (unpaired) electrons. The van der Waals surface area contributed by atoms with Gasteiger partial charge in [0.1, 0.15) is 22.6 Å². The van der Waals surface area contributed by atoms with E-state index in [0.29, 0.717) is 50.1 Å². The summed E-state index contributed by atoms with van der Waals surface area (Å²) in [5.74, 6) is -0.317. The van der Waals surface area contributed by atoms with E-state index in [9.17, 15) is 17.6 Å². The van der Waals surface area contributed by atoms with Crippen molar-refractivity contribution in [2.45, 2.75) is 68.9 Å². The van der Waals surface area contributed by atoms with Crippen LogP contribution in [0.2, 0.25) is 0 Å². The molecule has 6 nitrogen and oxygen atoms in total. The number of para-hydroxylation sites is 1. The van der Waals surface area contributed by atoms with Crippen LogP contribution in [0.15, 0.2) is 53.4 Å². The number of sulfonamides is 1. The van der Waals surface area contributed by atoms with Crippen molar-refractivity contribution in [2.75, 3.05) is 19.6 Å². The number of hydrogen-bond donors (Lipinski definition) is 0. The number of benzene rings is 2. The van der Waals surface area contributed by atoms with Gasteiger partial charge in [0.05, 0.1) is 11.6 Å². The standard InChI is InChI=1S/C26H33FN2O4S/c1-2-17-28-18-9-10-19-29(34(31,32)25-16-8-4-12-21(25)27)22-13-5-7-15-24(22)33-23-14-6-3-11-20(23)26(28)30/h3-4,6,8,11-12,14,16,22,24H,2,5,7,9-10,13,15,17-19H2,1H3/t22-,24+/m1/s1. The van der Waals surface area contributed by atoms with Gasteiger partial charge in [-0.15, -0.1) is 0 Å². The van der Waals surface area contributed by atoms with Crippen LogP contribution in [0.25, 0.3) is 0 Å². The van der Waals surface area contributed by atoms with Gasteiger partial charge in [0.2, 0.25) is 10.0 Å². The highest BCUT2D eigenvalue weighted by Gasteiger charge is 2.40. The predicted octanol–water partition coefficient (Wildman–Crippen LogP) is 4.85. The molecule has 1 aliphatic carbocycles. The molecule has 184 valence electrons. The lowest BCUT2D eigenvalue weighted by Crippen LogP contribution is -2.51. The van der Waals surface area contributed by atoms with E-state index in [2.05, 4.69) is 0 Å². The number of amides is 1. The summed E-state index contributed by atoms with van der Waals surface area (Å²) in [5.41, 5.74) is 0.504. The lowest BCUT2D eigenvalue weighted by Gasteiger charge is -2.40. The number of carbonyl (C=O) groups excluding carboxylic acids is 1. The normalized spacial score (nSPS) is 22.6. The lowest BCUT2D eigenvalue weighted by molar-refractivity contribution is 0.0636. The van der Waals surface area contributed by atoms with Crippen molar-refractivity contribution >= 4 is 15.9 Å². The van der Waals surface area contributed by atoms with Gasteiger partial charge in [-0.25, -0.2) is 12.8 Å². The molecule has 2 aromatic rings. The summed E-state index contributed by atoms with van der Waals surface area (Å²) in [7, 11) is -4.07. The molecule has 1 fully saturated rings. The van der Waals surface area contributed by atoms with Crippen LogP contribution in [-0.4, -0.2) is 55.3 Å². The summed E-state index contributed by atoms with van der Waals surface area (Å²) in [6.07, 6.45) is 4.74. The second kappa shape index (κ2) is 10.9. The molecule has 0 aromatic heterocycles. The Balaban J connectivity index is 1.75. The first-order valence-electron chi connectivity index (χ1n) is 12.2. The summed E-state index contributed by atoms with van der Waals surface area (Å²) < 4.78 is 49.9. The fraction of sp³-hybridized carbons (Fsp3) is 0.500. The maximum absolute atomic E-state index is 14.6. The quantitative estimate of drug-likeness (QED) is 0.617. The highest BCUT2D eigenvalue weighted by atomic mass is 32.2. The highest BCUT2D eigenvalue weighted by molar-refractivity contribution is 7.89. The molecule has 0 unspecified atom stereocenters. The van der Waals surface area contributed by atoms with Crippen LogP contribution in [0.5, 0.6) is 5.75 Å². The van der Waals surface area contributed by atoms with Crippen LogP contribution in [-0.2, 0) is 10.0 Å². The van der Waals surface area contributed by atoms with Gasteiger partial charge in [0.15, 0.2) is 0 Å². The van der Waals surface area contributed by atoms with Crippen molar-refractivity contribution in [1.29, 1.82) is 0 Å². The van der Waals surface area contributed by atoms with Crippen molar-refractivity contribution in [2.24, 2.45) is 0 Å². The van der Waals surface area contributed by atoms with Crippen molar-refractivity contribution in [3.05, 3.63) is 59.9 Å². The Bertz CT molecular complexity index is 1110. The van der Waals surface area contributed by atoms with Gasteiger partial charge < -0.3 is 9.64 Å². The molecule has 2 aromatic carbocycles. The average molecular weight is 489 g/mol. The molecule has 4 rings (SSSR count). The van der Waals surface area contributed by atoms with Crippen molar-refractivity contribution < 1.29 is 22.3 Å². The SMILES string of the molecule is CCCN1CCCCN(S(=O)(=O)c2ccccc2F)[C@@H]2CCCC[C@@H]2Oc2ccccc2C1=O. The number of hydrogen-bond acceptors (Lipinski definition) is 4. The first kappa shape index (κ1) is 24.7. The smallest absolute Gasteiger partial charge is 0.257 e. The van der Waals surface area contributed by atoms with E-state index in [0.717, 1.165) is 19.3 Å². The van der Waals surface area contributed by atoms with Crippen LogP contribution < -0.4 is 4.74 Å². The number of nitrogens with zero attached hydrogens (tertiary/aromatic N) is 2. The summed E-state index contributed by atoms with van der Waals surface area (Å²) in [4.78, 5) is 14.9. The second-order valence-corrected chi connectivity index (χ2v) is 10.9. The van der Waals surface area contributed by atoms with Crippen LogP contribution in [0.1, 0.15) is 62.2 Å². The zero-order chi connectivity index (χ0) is 24.1. The Morgan fingerprint density at radius 1 is 0.971 bits per heavy atom. The van der Waals surface area contributed by atoms with E-state index in [1.165, 1.54) is 22.5 Å². The van der Waals surface area contributed by atoms with Crippen molar-refractivity contribution in [3.63, 3.8) is 0 Å². The zero-order valence-corrected chi connectivity index (χ0v) is 20.5. The number of rotatable bonds is 4. The highest BCUT2D eigenvalue weighted by Crippen LogP contribution is 2.33. The number of carbonyl (C=O) groups is 1. The van der Waals surface area contributed by atoms with E-state index in [1.807, 2.05) is 24.0 Å². The molecule has 1 heterocycles. The Morgan fingerprint density at radius 3 is 2.47 bits per heavy atom. The summed E-state index contributed by atoms with van der Waals surface area (Å²) >= 11 is 0. The van der Waals surface area contributed by atoms with Crippen molar-refractivity contribution in [1.82, 2.24) is 9.21 Å². The average Bonchev–Trinajstić information content (AvgIpc) is 2.83. The van der Waals surface area contributed by atoms with Gasteiger partial charge in [-0.2, -0.15) is 4.31 Å². The Kier molecular flexibility index (Phi) is 7.88. The van der Waals surface area contributed by atoms with Gasteiger partial charge in [0.25, 0.3) is 5.91 Å². The minimum absolute atomic E-state index is 0.0544. The Hall–Kier alpha value is -2.45. The number of fused-ring (bicyclic) bond motifs is 2. The Morgan fingerprint density at radius 2 is 1.68 bits per heavy atom. The molecule has 0 N–H and O–H groups in total. The monoisotopic (exact) mass is 488 g/mol. The fourth-order valence-electron chi connectivity index (χ4n) is 5.02. The first-order valence-corrected chi connectivity index (χ1v) is 13.7. The van der Waals surface area contributed by atoms with Gasteiger partial charge >= 0.3 is 0 Å². The fourth-order valence-corrected chi connectivity index (χ4v) is 6.81. The zero-order valence-electron chi connectivity index (χ0n) is 19.7. The van der Waals surface area contributed by atoms with Gasteiger partial charge in [-0.3, -0.25) is 4.79 Å². The molecule has 1 amide bonds. The first-order chi connectivity index (χ1) is 16.4. The maximum Gasteiger partial charge on any atom is 0.257 e. The van der Waals surface area contributed by atoms with E-state index < -0.39 is 28.0 Å². The minimum atomic E-state index is -4.07. The molecule has 0 saturated heterocycles. The van der Waals surface area contributed by atoms with E-state index in [1.54, 1.807) is 18.2 Å². The third-order valence-corrected chi connectivity index (χ3v) is 8.65. The van der Waals surface area contributed by atoms with Crippen LogP contribution in [0.3, 0.4) is 0 Å². The van der Waals surface area contributed by atoms with Crippen LogP contribution in [0, 0.1) is 5.82 Å². The predicted molar refractivity (Wildman–Crippen MR) is 129 cm³/mol. The second-order valence-electron chi connectivity index (χ2n) is 9.05. The van der Waals surface area contributed by atoms with Gasteiger partial charge in [-0.05, 0) is 62.8 Å². The molecule has 2 aliphatic rings. The molecular formula is C26H33FN2O4S. The molecule has 8 heteroatoms. The molecule has 34 heavy (non-hydrogen) atoms. The number of ether oxygens (including phenoxy) is 1. The Labute approximate surface area is 201 Å². The minimum Gasteiger partial charge on any atom is -0.488 e.